The summed E-state index contributed by atoms with van der Waals surface area (Å²) in [6, 6.07) is 14.4. The highest BCUT2D eigenvalue weighted by atomic mass is 16.5. The molecule has 2 rings (SSSR count). The molecule has 1 N–H and O–H groups in total. The Morgan fingerprint density at radius 2 is 1.88 bits per heavy atom. The number of rotatable bonds is 8. The summed E-state index contributed by atoms with van der Waals surface area (Å²) < 4.78 is 16.2. The van der Waals surface area contributed by atoms with Crippen molar-refractivity contribution >= 4 is 11.6 Å². The van der Waals surface area contributed by atoms with Crippen molar-refractivity contribution in [2.45, 2.75) is 20.0 Å². The summed E-state index contributed by atoms with van der Waals surface area (Å²) in [6.07, 6.45) is -0.00328. The van der Waals surface area contributed by atoms with E-state index in [4.69, 9.17) is 14.2 Å². The van der Waals surface area contributed by atoms with E-state index in [1.807, 2.05) is 44.2 Å². The highest BCUT2D eigenvalue weighted by Crippen LogP contribution is 2.22. The summed E-state index contributed by atoms with van der Waals surface area (Å²) >= 11 is 0. The average molecular weight is 329 g/mol. The van der Waals surface area contributed by atoms with Gasteiger partial charge in [0.15, 0.2) is 0 Å². The van der Waals surface area contributed by atoms with Gasteiger partial charge >= 0.3 is 0 Å². The van der Waals surface area contributed by atoms with Gasteiger partial charge in [-0.25, -0.2) is 0 Å². The molecule has 0 aliphatic heterocycles. The van der Waals surface area contributed by atoms with Crippen molar-refractivity contribution in [1.29, 1.82) is 0 Å². The second kappa shape index (κ2) is 8.93. The number of hydrogen-bond donors (Lipinski definition) is 1. The van der Waals surface area contributed by atoms with Gasteiger partial charge in [0.1, 0.15) is 18.1 Å². The molecule has 128 valence electrons. The minimum absolute atomic E-state index is 0.00328. The SMILES string of the molecule is COCCOc1cccc(NC(=O)c2ccccc2OC(C)C)c1. The van der Waals surface area contributed by atoms with Crippen LogP contribution in [0.1, 0.15) is 24.2 Å². The van der Waals surface area contributed by atoms with Crippen molar-refractivity contribution < 1.29 is 19.0 Å². The molecule has 0 aliphatic carbocycles. The second-order valence-electron chi connectivity index (χ2n) is 5.49. The van der Waals surface area contributed by atoms with Gasteiger partial charge in [-0.05, 0) is 38.1 Å². The zero-order valence-corrected chi connectivity index (χ0v) is 14.2. The van der Waals surface area contributed by atoms with Crippen LogP contribution in [0.4, 0.5) is 5.69 Å². The first kappa shape index (κ1) is 17.8. The predicted octanol–water partition coefficient (Wildman–Crippen LogP) is 3.75. The standard InChI is InChI=1S/C19H23NO4/c1-14(2)24-18-10-5-4-9-17(18)19(21)20-15-7-6-8-16(13-15)23-12-11-22-3/h4-10,13-14H,11-12H2,1-3H3,(H,20,21). The molecule has 0 heterocycles. The van der Waals surface area contributed by atoms with Crippen LogP contribution in [0.25, 0.3) is 0 Å². The summed E-state index contributed by atoms with van der Waals surface area (Å²) in [5.41, 5.74) is 1.16. The van der Waals surface area contributed by atoms with Gasteiger partial charge in [0, 0.05) is 18.9 Å². The van der Waals surface area contributed by atoms with Crippen LogP contribution in [0.2, 0.25) is 0 Å². The van der Waals surface area contributed by atoms with Crippen molar-refractivity contribution in [3.63, 3.8) is 0 Å². The van der Waals surface area contributed by atoms with Crippen LogP contribution < -0.4 is 14.8 Å². The molecule has 0 spiro atoms. The maximum absolute atomic E-state index is 12.5. The third-order valence-electron chi connectivity index (χ3n) is 3.14. The van der Waals surface area contributed by atoms with E-state index in [-0.39, 0.29) is 12.0 Å². The summed E-state index contributed by atoms with van der Waals surface area (Å²) in [5.74, 6) is 1.02. The van der Waals surface area contributed by atoms with Crippen molar-refractivity contribution in [2.75, 3.05) is 25.6 Å². The Balaban J connectivity index is 2.08. The summed E-state index contributed by atoms with van der Waals surface area (Å²) in [6.45, 7) is 4.82. The van der Waals surface area contributed by atoms with E-state index in [0.717, 1.165) is 0 Å². The summed E-state index contributed by atoms with van der Waals surface area (Å²) in [4.78, 5) is 12.5. The van der Waals surface area contributed by atoms with E-state index in [1.54, 1.807) is 25.3 Å². The third kappa shape index (κ3) is 5.28. The van der Waals surface area contributed by atoms with Gasteiger partial charge in [0.05, 0.1) is 18.3 Å². The molecule has 0 saturated heterocycles. The molecular weight excluding hydrogens is 306 g/mol. The molecule has 1 amide bonds. The molecule has 0 fully saturated rings. The number of carbonyl (C=O) groups excluding carboxylic acids is 1. The van der Waals surface area contributed by atoms with E-state index < -0.39 is 0 Å². The molecule has 5 heteroatoms. The van der Waals surface area contributed by atoms with Crippen LogP contribution in [0.3, 0.4) is 0 Å². The molecule has 0 saturated carbocycles. The lowest BCUT2D eigenvalue weighted by Gasteiger charge is -2.14. The number of hydrogen-bond acceptors (Lipinski definition) is 4. The van der Waals surface area contributed by atoms with Gasteiger partial charge < -0.3 is 19.5 Å². The van der Waals surface area contributed by atoms with Crippen LogP contribution in [0.5, 0.6) is 11.5 Å². The number of amides is 1. The average Bonchev–Trinajstić information content (AvgIpc) is 2.55. The normalized spacial score (nSPS) is 10.5. The topological polar surface area (TPSA) is 56.8 Å². The fourth-order valence-corrected chi connectivity index (χ4v) is 2.12. The van der Waals surface area contributed by atoms with Crippen molar-refractivity contribution in [3.05, 3.63) is 54.1 Å². The Labute approximate surface area is 142 Å². The molecule has 0 aromatic heterocycles. The predicted molar refractivity (Wildman–Crippen MR) is 94.0 cm³/mol. The molecule has 0 unspecified atom stereocenters. The molecule has 2 aromatic carbocycles. The zero-order valence-electron chi connectivity index (χ0n) is 14.2. The lowest BCUT2D eigenvalue weighted by atomic mass is 10.1. The monoisotopic (exact) mass is 329 g/mol. The maximum Gasteiger partial charge on any atom is 0.259 e. The molecule has 5 nitrogen and oxygen atoms in total. The summed E-state index contributed by atoms with van der Waals surface area (Å²) in [7, 11) is 1.62. The van der Waals surface area contributed by atoms with Crippen LogP contribution >= 0.6 is 0 Å². The zero-order chi connectivity index (χ0) is 17.4. The van der Waals surface area contributed by atoms with E-state index in [2.05, 4.69) is 5.32 Å². The quantitative estimate of drug-likeness (QED) is 0.749. The number of benzene rings is 2. The second-order valence-corrected chi connectivity index (χ2v) is 5.49. The van der Waals surface area contributed by atoms with E-state index in [0.29, 0.717) is 36.0 Å². The Morgan fingerprint density at radius 3 is 2.62 bits per heavy atom. The largest absolute Gasteiger partial charge is 0.491 e. The van der Waals surface area contributed by atoms with Crippen molar-refractivity contribution in [3.8, 4) is 11.5 Å². The number of carbonyl (C=O) groups is 1. The first-order valence-electron chi connectivity index (χ1n) is 7.89. The maximum atomic E-state index is 12.5. The third-order valence-corrected chi connectivity index (χ3v) is 3.14. The van der Waals surface area contributed by atoms with Gasteiger partial charge in [-0.3, -0.25) is 4.79 Å². The first-order valence-corrected chi connectivity index (χ1v) is 7.89. The smallest absolute Gasteiger partial charge is 0.259 e. The van der Waals surface area contributed by atoms with Crippen LogP contribution in [-0.4, -0.2) is 32.3 Å². The Bertz CT molecular complexity index is 670. The molecule has 0 aliphatic rings. The van der Waals surface area contributed by atoms with Crippen LogP contribution in [0.15, 0.2) is 48.5 Å². The minimum atomic E-state index is -0.222. The Hall–Kier alpha value is -2.53. The van der Waals surface area contributed by atoms with Crippen LogP contribution in [-0.2, 0) is 4.74 Å². The Kier molecular flexibility index (Phi) is 6.63. The lowest BCUT2D eigenvalue weighted by molar-refractivity contribution is 0.102. The number of para-hydroxylation sites is 1. The molecule has 2 aromatic rings. The molecule has 0 radical (unpaired) electrons. The number of nitrogens with one attached hydrogen (secondary N) is 1. The van der Waals surface area contributed by atoms with Gasteiger partial charge in [-0.2, -0.15) is 0 Å². The van der Waals surface area contributed by atoms with Gasteiger partial charge in [-0.1, -0.05) is 18.2 Å². The number of anilines is 1. The van der Waals surface area contributed by atoms with Crippen molar-refractivity contribution in [2.24, 2.45) is 0 Å². The van der Waals surface area contributed by atoms with E-state index in [9.17, 15) is 4.79 Å². The van der Waals surface area contributed by atoms with E-state index in [1.165, 1.54) is 0 Å². The fraction of sp³-hybridized carbons (Fsp3) is 0.316. The van der Waals surface area contributed by atoms with Gasteiger partial charge in [-0.15, -0.1) is 0 Å². The molecular formula is C19H23NO4. The van der Waals surface area contributed by atoms with Gasteiger partial charge in [0.25, 0.3) is 5.91 Å². The minimum Gasteiger partial charge on any atom is -0.491 e. The number of ether oxygens (including phenoxy) is 3. The Morgan fingerprint density at radius 1 is 1.08 bits per heavy atom. The lowest BCUT2D eigenvalue weighted by Crippen LogP contribution is -2.15. The molecule has 0 atom stereocenters. The highest BCUT2D eigenvalue weighted by Gasteiger charge is 2.13. The first-order chi connectivity index (χ1) is 11.6. The van der Waals surface area contributed by atoms with Crippen molar-refractivity contribution in [1.82, 2.24) is 0 Å². The fourth-order valence-electron chi connectivity index (χ4n) is 2.12. The highest BCUT2D eigenvalue weighted by molar-refractivity contribution is 6.06. The number of methoxy groups -OCH3 is 1. The van der Waals surface area contributed by atoms with Gasteiger partial charge in [0.2, 0.25) is 0 Å². The molecule has 24 heavy (non-hydrogen) atoms. The summed E-state index contributed by atoms with van der Waals surface area (Å²) in [5, 5.41) is 2.87. The van der Waals surface area contributed by atoms with Crippen LogP contribution in [0, 0.1) is 0 Å². The van der Waals surface area contributed by atoms with E-state index >= 15 is 0 Å². The molecule has 0 bridgehead atoms.